The Morgan fingerprint density at radius 2 is 2.16 bits per heavy atom. The molecule has 0 aliphatic rings. The monoisotopic (exact) mass is 285 g/mol. The number of aryl methyl sites for hydroxylation is 1. The summed E-state index contributed by atoms with van der Waals surface area (Å²) in [6.07, 6.45) is 1.79. The molecule has 1 aromatic carbocycles. The van der Waals surface area contributed by atoms with Gasteiger partial charge in [0.15, 0.2) is 0 Å². The topological polar surface area (TPSA) is 101 Å². The number of unbranched alkanes of at least 4 members (excludes halogenated alkanes) is 1. The smallest absolute Gasteiger partial charge is 0.255 e. The number of nitrogens with one attached hydrogen (secondary N) is 2. The number of carbonyl (C=O) groups excluding carboxylic acids is 1. The Kier molecular flexibility index (Phi) is 5.78. The maximum Gasteiger partial charge on any atom is 0.255 e. The fraction of sp³-hybridized carbons (Fsp3) is 0.417. The molecule has 1 rings (SSSR count). The Balaban J connectivity index is 2.94. The van der Waals surface area contributed by atoms with E-state index in [9.17, 15) is 18.7 Å². The summed E-state index contributed by atoms with van der Waals surface area (Å²) in [7, 11) is 0. The van der Waals surface area contributed by atoms with E-state index in [2.05, 4.69) is 10.0 Å². The number of aromatic hydroxyl groups is 1. The second-order valence-electron chi connectivity index (χ2n) is 4.14. The lowest BCUT2D eigenvalue weighted by molar-refractivity contribution is 0.0950. The van der Waals surface area contributed by atoms with Crippen molar-refractivity contribution in [2.45, 2.75) is 26.7 Å². The molecule has 0 bridgehead atoms. The molecule has 19 heavy (non-hydrogen) atoms. The van der Waals surface area contributed by atoms with E-state index in [1.807, 2.05) is 6.92 Å². The summed E-state index contributed by atoms with van der Waals surface area (Å²) in [5.74, 6) is -0.564. The van der Waals surface area contributed by atoms with Crippen LogP contribution in [0.5, 0.6) is 5.75 Å². The lowest BCUT2D eigenvalue weighted by Gasteiger charge is -2.13. The molecule has 1 unspecified atom stereocenters. The van der Waals surface area contributed by atoms with E-state index in [-0.39, 0.29) is 17.0 Å². The van der Waals surface area contributed by atoms with Crippen molar-refractivity contribution in [1.29, 1.82) is 0 Å². The number of rotatable bonds is 6. The van der Waals surface area contributed by atoms with Crippen molar-refractivity contribution in [2.75, 3.05) is 11.3 Å². The number of amides is 1. The van der Waals surface area contributed by atoms with Gasteiger partial charge in [0.05, 0.1) is 5.56 Å². The van der Waals surface area contributed by atoms with Gasteiger partial charge in [-0.25, -0.2) is 0 Å². The summed E-state index contributed by atoms with van der Waals surface area (Å²) in [5.41, 5.74) is 0.726. The third kappa shape index (κ3) is 4.53. The average molecular weight is 285 g/mol. The number of carbonyl (C=O) groups is 1. The van der Waals surface area contributed by atoms with E-state index >= 15 is 0 Å². The Morgan fingerprint density at radius 1 is 1.47 bits per heavy atom. The van der Waals surface area contributed by atoms with Crippen LogP contribution in [0.15, 0.2) is 12.1 Å². The summed E-state index contributed by atoms with van der Waals surface area (Å²) in [6.45, 7) is 4.11. The van der Waals surface area contributed by atoms with Crippen LogP contribution in [-0.2, 0) is 11.3 Å². The van der Waals surface area contributed by atoms with Gasteiger partial charge < -0.3 is 19.7 Å². The van der Waals surface area contributed by atoms with Crippen molar-refractivity contribution in [3.8, 4) is 5.75 Å². The van der Waals surface area contributed by atoms with Gasteiger partial charge in [-0.2, -0.15) is 0 Å². The molecular formula is C12H17N2O4S-. The second kappa shape index (κ2) is 7.10. The SMILES string of the molecule is CCCCNC(=O)c1cc(NS(=O)[O-])cc(C)c1O. The quantitative estimate of drug-likeness (QED) is 0.418. The van der Waals surface area contributed by atoms with Crippen LogP contribution in [0.3, 0.4) is 0 Å². The first kappa shape index (κ1) is 15.5. The predicted molar refractivity (Wildman–Crippen MR) is 72.6 cm³/mol. The van der Waals surface area contributed by atoms with E-state index in [1.165, 1.54) is 12.1 Å². The fourth-order valence-corrected chi connectivity index (χ4v) is 1.89. The molecule has 0 spiro atoms. The van der Waals surface area contributed by atoms with Gasteiger partial charge in [0, 0.05) is 23.5 Å². The zero-order valence-corrected chi connectivity index (χ0v) is 11.7. The van der Waals surface area contributed by atoms with Gasteiger partial charge in [0.2, 0.25) is 0 Å². The predicted octanol–water partition coefficient (Wildman–Crippen LogP) is 1.44. The Labute approximate surface area is 114 Å². The Hall–Kier alpha value is -1.60. The summed E-state index contributed by atoms with van der Waals surface area (Å²) in [5, 5.41) is 12.5. The normalized spacial score (nSPS) is 11.9. The molecule has 3 N–H and O–H groups in total. The molecule has 106 valence electrons. The van der Waals surface area contributed by atoms with Crippen LogP contribution in [0.1, 0.15) is 35.7 Å². The highest BCUT2D eigenvalue weighted by Crippen LogP contribution is 2.26. The minimum absolute atomic E-state index is 0.0593. The van der Waals surface area contributed by atoms with Crippen LogP contribution in [0.2, 0.25) is 0 Å². The van der Waals surface area contributed by atoms with Crippen LogP contribution >= 0.6 is 0 Å². The zero-order chi connectivity index (χ0) is 14.4. The highest BCUT2D eigenvalue weighted by Gasteiger charge is 2.14. The average Bonchev–Trinajstić information content (AvgIpc) is 2.33. The van der Waals surface area contributed by atoms with Crippen LogP contribution in [0, 0.1) is 6.92 Å². The van der Waals surface area contributed by atoms with E-state index in [1.54, 1.807) is 6.92 Å². The van der Waals surface area contributed by atoms with Gasteiger partial charge in [-0.3, -0.25) is 9.00 Å². The fourth-order valence-electron chi connectivity index (χ4n) is 1.58. The number of phenols is 1. The number of hydrogen-bond acceptors (Lipinski definition) is 4. The summed E-state index contributed by atoms with van der Waals surface area (Å²) in [6, 6.07) is 2.76. The lowest BCUT2D eigenvalue weighted by Crippen LogP contribution is -2.24. The van der Waals surface area contributed by atoms with Gasteiger partial charge >= 0.3 is 0 Å². The molecule has 1 atom stereocenters. The molecule has 0 radical (unpaired) electrons. The second-order valence-corrected chi connectivity index (χ2v) is 4.81. The van der Waals surface area contributed by atoms with Crippen LogP contribution < -0.4 is 10.0 Å². The highest BCUT2D eigenvalue weighted by atomic mass is 32.2. The first-order chi connectivity index (χ1) is 8.95. The standard InChI is InChI=1S/C12H18N2O4S/c1-3-4-5-13-12(16)10-7-9(14-19(17)18)6-8(2)11(10)15/h6-7,14-15H,3-5H2,1-2H3,(H,13,16)(H,17,18)/p-1. The molecule has 0 aliphatic carbocycles. The molecule has 0 saturated heterocycles. The van der Waals surface area contributed by atoms with E-state index in [4.69, 9.17) is 0 Å². The van der Waals surface area contributed by atoms with Gasteiger partial charge in [-0.15, -0.1) is 0 Å². The molecule has 7 heteroatoms. The first-order valence-corrected chi connectivity index (χ1v) is 7.01. The van der Waals surface area contributed by atoms with Gasteiger partial charge in [-0.1, -0.05) is 13.3 Å². The first-order valence-electron chi connectivity index (χ1n) is 5.93. The van der Waals surface area contributed by atoms with Gasteiger partial charge in [0.25, 0.3) is 5.91 Å². The van der Waals surface area contributed by atoms with Crippen LogP contribution in [0.4, 0.5) is 5.69 Å². The molecule has 0 saturated carbocycles. The molecule has 6 nitrogen and oxygen atoms in total. The van der Waals surface area contributed by atoms with Gasteiger partial charge in [-0.05, 0) is 31.0 Å². The van der Waals surface area contributed by atoms with Gasteiger partial charge in [0.1, 0.15) is 5.75 Å². The van der Waals surface area contributed by atoms with Crippen molar-refractivity contribution >= 4 is 22.9 Å². The number of benzene rings is 1. The summed E-state index contributed by atoms with van der Waals surface area (Å²) < 4.78 is 23.3. The third-order valence-corrected chi connectivity index (χ3v) is 2.96. The van der Waals surface area contributed by atoms with E-state index in [0.29, 0.717) is 12.1 Å². The number of anilines is 1. The molecule has 0 aliphatic heterocycles. The molecule has 1 amide bonds. The summed E-state index contributed by atoms with van der Waals surface area (Å²) >= 11 is -2.47. The maximum absolute atomic E-state index is 11.9. The van der Waals surface area contributed by atoms with Crippen LogP contribution in [0.25, 0.3) is 0 Å². The van der Waals surface area contributed by atoms with Crippen LogP contribution in [-0.4, -0.2) is 26.3 Å². The van der Waals surface area contributed by atoms with Crippen molar-refractivity contribution in [3.05, 3.63) is 23.3 Å². The molecule has 0 heterocycles. The largest absolute Gasteiger partial charge is 0.755 e. The minimum atomic E-state index is -2.47. The van der Waals surface area contributed by atoms with E-state index in [0.717, 1.165) is 12.8 Å². The highest BCUT2D eigenvalue weighted by molar-refractivity contribution is 7.80. The molecule has 0 fully saturated rings. The summed E-state index contributed by atoms with van der Waals surface area (Å²) in [4.78, 5) is 11.9. The van der Waals surface area contributed by atoms with Crippen molar-refractivity contribution in [2.24, 2.45) is 0 Å². The number of hydrogen-bond donors (Lipinski definition) is 3. The van der Waals surface area contributed by atoms with Crippen molar-refractivity contribution in [1.82, 2.24) is 5.32 Å². The van der Waals surface area contributed by atoms with Crippen molar-refractivity contribution in [3.63, 3.8) is 0 Å². The Bertz CT molecular complexity index is 491. The molecular weight excluding hydrogens is 268 g/mol. The molecule has 0 aromatic heterocycles. The minimum Gasteiger partial charge on any atom is -0.755 e. The number of phenolic OH excluding ortho intramolecular Hbond substituents is 1. The van der Waals surface area contributed by atoms with E-state index < -0.39 is 17.2 Å². The third-order valence-electron chi connectivity index (χ3n) is 2.56. The zero-order valence-electron chi connectivity index (χ0n) is 10.9. The molecule has 1 aromatic rings. The lowest BCUT2D eigenvalue weighted by atomic mass is 10.1. The van der Waals surface area contributed by atoms with Crippen molar-refractivity contribution < 1.29 is 18.7 Å². The Morgan fingerprint density at radius 3 is 2.74 bits per heavy atom. The maximum atomic E-state index is 11.9.